The van der Waals surface area contributed by atoms with Gasteiger partial charge in [-0.1, -0.05) is 0 Å². The highest BCUT2D eigenvalue weighted by Gasteiger charge is 2.13. The fraction of sp³-hybridized carbons (Fsp3) is 0.222. The average molecular weight is 182 g/mol. The molecule has 1 rings (SSSR count). The molecule has 4 nitrogen and oxygen atoms in total. The summed E-state index contributed by atoms with van der Waals surface area (Å²) in [5, 5.41) is 18.7. The minimum Gasteiger partial charge on any atom is -0.507 e. The van der Waals surface area contributed by atoms with Crippen LogP contribution in [0, 0.1) is 6.92 Å². The maximum absolute atomic E-state index is 10.4. The zero-order chi connectivity index (χ0) is 10.0. The second kappa shape index (κ2) is 3.35. The molecule has 0 aliphatic carbocycles. The van der Waals surface area contributed by atoms with Crippen LogP contribution in [0.25, 0.3) is 0 Å². The first kappa shape index (κ1) is 9.38. The second-order valence-electron chi connectivity index (χ2n) is 2.60. The van der Waals surface area contributed by atoms with Crippen LogP contribution in [0.2, 0.25) is 0 Å². The van der Waals surface area contributed by atoms with Crippen LogP contribution in [0.15, 0.2) is 6.07 Å². The lowest BCUT2D eigenvalue weighted by Gasteiger charge is -2.09. The number of hydrogen-bond acceptors (Lipinski definition) is 4. The minimum absolute atomic E-state index is 0.113. The maximum atomic E-state index is 10.4. The maximum Gasteiger partial charge on any atom is 0.157 e. The Kier molecular flexibility index (Phi) is 2.41. The number of aromatic hydroxyl groups is 2. The molecule has 0 unspecified atom stereocenters. The van der Waals surface area contributed by atoms with Gasteiger partial charge >= 0.3 is 0 Å². The summed E-state index contributed by atoms with van der Waals surface area (Å²) in [4.78, 5) is 10.4. The van der Waals surface area contributed by atoms with Gasteiger partial charge in [-0.25, -0.2) is 0 Å². The van der Waals surface area contributed by atoms with Gasteiger partial charge in [0.15, 0.2) is 6.29 Å². The van der Waals surface area contributed by atoms with Crippen molar-refractivity contribution in [3.63, 3.8) is 0 Å². The summed E-state index contributed by atoms with van der Waals surface area (Å²) in [7, 11) is 1.42. The molecule has 0 fully saturated rings. The average Bonchev–Trinajstić information content (AvgIpc) is 2.12. The first-order valence-electron chi connectivity index (χ1n) is 3.66. The van der Waals surface area contributed by atoms with Crippen molar-refractivity contribution in [2.24, 2.45) is 0 Å². The van der Waals surface area contributed by atoms with E-state index in [4.69, 9.17) is 4.74 Å². The summed E-state index contributed by atoms with van der Waals surface area (Å²) >= 11 is 0. The molecule has 4 heteroatoms. The molecule has 0 bridgehead atoms. The molecule has 70 valence electrons. The van der Waals surface area contributed by atoms with Crippen molar-refractivity contribution in [1.82, 2.24) is 0 Å². The predicted octanol–water partition coefficient (Wildman–Crippen LogP) is 1.23. The van der Waals surface area contributed by atoms with Crippen LogP contribution in [0.5, 0.6) is 17.2 Å². The van der Waals surface area contributed by atoms with E-state index in [9.17, 15) is 15.0 Å². The molecular formula is C9H10O4. The van der Waals surface area contributed by atoms with Gasteiger partial charge in [0, 0.05) is 11.6 Å². The van der Waals surface area contributed by atoms with Crippen molar-refractivity contribution in [1.29, 1.82) is 0 Å². The van der Waals surface area contributed by atoms with Crippen LogP contribution >= 0.6 is 0 Å². The Morgan fingerprint density at radius 2 is 2.08 bits per heavy atom. The highest BCUT2D eigenvalue weighted by atomic mass is 16.5. The Morgan fingerprint density at radius 3 is 2.54 bits per heavy atom. The van der Waals surface area contributed by atoms with Crippen molar-refractivity contribution in [3.05, 3.63) is 17.2 Å². The number of aldehydes is 1. The Labute approximate surface area is 75.4 Å². The van der Waals surface area contributed by atoms with E-state index in [1.165, 1.54) is 13.2 Å². The van der Waals surface area contributed by atoms with Crippen LogP contribution in [0.1, 0.15) is 15.9 Å². The van der Waals surface area contributed by atoms with Gasteiger partial charge < -0.3 is 14.9 Å². The molecule has 0 saturated carbocycles. The lowest BCUT2D eigenvalue weighted by Crippen LogP contribution is -1.91. The third-order valence-corrected chi connectivity index (χ3v) is 1.86. The zero-order valence-corrected chi connectivity index (χ0v) is 7.37. The van der Waals surface area contributed by atoms with Gasteiger partial charge in [-0.15, -0.1) is 0 Å². The number of carbonyl (C=O) groups is 1. The van der Waals surface area contributed by atoms with Gasteiger partial charge in [0.25, 0.3) is 0 Å². The van der Waals surface area contributed by atoms with Crippen LogP contribution in [0.3, 0.4) is 0 Å². The molecule has 0 spiro atoms. The number of benzene rings is 1. The highest BCUT2D eigenvalue weighted by Crippen LogP contribution is 2.35. The van der Waals surface area contributed by atoms with E-state index in [-0.39, 0.29) is 17.1 Å². The minimum atomic E-state index is -0.282. The Bertz CT molecular complexity index is 344. The summed E-state index contributed by atoms with van der Waals surface area (Å²) in [6, 6.07) is 1.29. The summed E-state index contributed by atoms with van der Waals surface area (Å²) in [6.45, 7) is 1.60. The van der Waals surface area contributed by atoms with Gasteiger partial charge in [0.2, 0.25) is 0 Å². The zero-order valence-electron chi connectivity index (χ0n) is 7.37. The van der Waals surface area contributed by atoms with Crippen molar-refractivity contribution >= 4 is 6.29 Å². The fourth-order valence-corrected chi connectivity index (χ4v) is 1.08. The van der Waals surface area contributed by atoms with Gasteiger partial charge in [-0.05, 0) is 6.92 Å². The quantitative estimate of drug-likeness (QED) is 0.675. The molecule has 0 aliphatic heterocycles. The second-order valence-corrected chi connectivity index (χ2v) is 2.60. The SMILES string of the molecule is COc1cc(O)c(C=O)c(O)c1C. The summed E-state index contributed by atoms with van der Waals surface area (Å²) in [6.07, 6.45) is 0.400. The summed E-state index contributed by atoms with van der Waals surface area (Å²) in [5.74, 6) is -0.178. The van der Waals surface area contributed by atoms with E-state index in [1.807, 2.05) is 0 Å². The Hall–Kier alpha value is -1.71. The normalized spacial score (nSPS) is 9.69. The molecule has 0 atom stereocenters. The largest absolute Gasteiger partial charge is 0.507 e. The molecule has 0 aromatic heterocycles. The van der Waals surface area contributed by atoms with Gasteiger partial charge in [-0.2, -0.15) is 0 Å². The number of phenols is 2. The van der Waals surface area contributed by atoms with E-state index in [0.29, 0.717) is 17.6 Å². The molecule has 0 aliphatic rings. The van der Waals surface area contributed by atoms with Gasteiger partial charge in [-0.3, -0.25) is 4.79 Å². The lowest BCUT2D eigenvalue weighted by atomic mass is 10.1. The number of methoxy groups -OCH3 is 1. The number of ether oxygens (including phenoxy) is 1. The number of carbonyl (C=O) groups excluding carboxylic acids is 1. The van der Waals surface area contributed by atoms with Crippen molar-refractivity contribution in [2.45, 2.75) is 6.92 Å². The molecule has 2 N–H and O–H groups in total. The van der Waals surface area contributed by atoms with Crippen LogP contribution in [-0.2, 0) is 0 Å². The third-order valence-electron chi connectivity index (χ3n) is 1.86. The number of phenolic OH excluding ortho intramolecular Hbond substituents is 2. The van der Waals surface area contributed by atoms with E-state index in [0.717, 1.165) is 0 Å². The van der Waals surface area contributed by atoms with E-state index >= 15 is 0 Å². The van der Waals surface area contributed by atoms with Gasteiger partial charge in [0.1, 0.15) is 17.2 Å². The molecule has 0 radical (unpaired) electrons. The van der Waals surface area contributed by atoms with Crippen molar-refractivity contribution in [2.75, 3.05) is 7.11 Å². The fourth-order valence-electron chi connectivity index (χ4n) is 1.08. The lowest BCUT2D eigenvalue weighted by molar-refractivity contribution is 0.111. The first-order valence-corrected chi connectivity index (χ1v) is 3.66. The van der Waals surface area contributed by atoms with Gasteiger partial charge in [0.05, 0.1) is 12.7 Å². The van der Waals surface area contributed by atoms with E-state index in [2.05, 4.69) is 0 Å². The molecule has 0 heterocycles. The molecule has 0 amide bonds. The first-order chi connectivity index (χ1) is 6.11. The molecule has 1 aromatic carbocycles. The predicted molar refractivity (Wildman–Crippen MR) is 46.4 cm³/mol. The molecule has 0 saturated heterocycles. The van der Waals surface area contributed by atoms with Crippen LogP contribution in [-0.4, -0.2) is 23.6 Å². The topological polar surface area (TPSA) is 66.8 Å². The number of rotatable bonds is 2. The molecule has 13 heavy (non-hydrogen) atoms. The Morgan fingerprint density at radius 1 is 1.46 bits per heavy atom. The van der Waals surface area contributed by atoms with Crippen molar-refractivity contribution < 1.29 is 19.7 Å². The summed E-state index contributed by atoms with van der Waals surface area (Å²) < 4.78 is 4.87. The monoisotopic (exact) mass is 182 g/mol. The standard InChI is InChI=1S/C9H10O4/c1-5-8(13-2)3-7(11)6(4-10)9(5)12/h3-4,11-12H,1-2H3. The van der Waals surface area contributed by atoms with Crippen molar-refractivity contribution in [3.8, 4) is 17.2 Å². The highest BCUT2D eigenvalue weighted by molar-refractivity contribution is 5.85. The number of hydrogen-bond donors (Lipinski definition) is 2. The van der Waals surface area contributed by atoms with Crippen LogP contribution in [0.4, 0.5) is 0 Å². The molecule has 1 aromatic rings. The Balaban J connectivity index is 3.45. The molecular weight excluding hydrogens is 172 g/mol. The smallest absolute Gasteiger partial charge is 0.157 e. The van der Waals surface area contributed by atoms with Crippen LogP contribution < -0.4 is 4.74 Å². The van der Waals surface area contributed by atoms with E-state index in [1.54, 1.807) is 6.92 Å². The third kappa shape index (κ3) is 1.42. The van der Waals surface area contributed by atoms with E-state index < -0.39 is 0 Å². The summed E-state index contributed by atoms with van der Waals surface area (Å²) in [5.41, 5.74) is 0.320.